The van der Waals surface area contributed by atoms with Gasteiger partial charge in [0.1, 0.15) is 35.1 Å². The number of fused-ring (bicyclic) bond motifs is 1. The minimum atomic E-state index is -4.81. The molecule has 238 valence electrons. The smallest absolute Gasteiger partial charge is 0.355 e. The Morgan fingerprint density at radius 1 is 1.02 bits per heavy atom. The van der Waals surface area contributed by atoms with E-state index in [4.69, 9.17) is 0 Å². The Kier molecular flexibility index (Phi) is 8.68. The van der Waals surface area contributed by atoms with Gasteiger partial charge in [0.05, 0.1) is 24.8 Å². The number of rotatable bonds is 9. The normalized spacial score (nSPS) is 15.2. The topological polar surface area (TPSA) is 113 Å². The predicted octanol–water partition coefficient (Wildman–Crippen LogP) is 3.84. The number of alkyl halides is 5. The zero-order chi connectivity index (χ0) is 32.5. The van der Waals surface area contributed by atoms with Crippen LogP contribution in [0.15, 0.2) is 43.0 Å². The predicted molar refractivity (Wildman–Crippen MR) is 144 cm³/mol. The molecule has 0 N–H and O–H groups in total. The summed E-state index contributed by atoms with van der Waals surface area (Å²) in [5, 5.41) is 3.90. The molecule has 0 radical (unpaired) electrons. The maximum Gasteiger partial charge on any atom is 0.434 e. The van der Waals surface area contributed by atoms with Crippen LogP contribution in [-0.4, -0.2) is 79.0 Å². The van der Waals surface area contributed by atoms with Crippen LogP contribution >= 0.6 is 0 Å². The van der Waals surface area contributed by atoms with Crippen molar-refractivity contribution in [2.45, 2.75) is 44.1 Å². The molecule has 4 aromatic rings. The van der Waals surface area contributed by atoms with E-state index in [0.717, 1.165) is 16.8 Å². The third-order valence-electron chi connectivity index (χ3n) is 7.53. The fourth-order valence-corrected chi connectivity index (χ4v) is 5.27. The number of imide groups is 1. The quantitative estimate of drug-likeness (QED) is 0.199. The van der Waals surface area contributed by atoms with Crippen molar-refractivity contribution in [3.63, 3.8) is 0 Å². The lowest BCUT2D eigenvalue weighted by Crippen LogP contribution is -2.63. The number of halogens is 7. The van der Waals surface area contributed by atoms with Gasteiger partial charge in [0.15, 0.2) is 17.2 Å². The minimum absolute atomic E-state index is 0.00541. The number of carbonyl (C=O) groups is 2. The van der Waals surface area contributed by atoms with Crippen LogP contribution in [0.1, 0.15) is 24.1 Å². The van der Waals surface area contributed by atoms with Crippen molar-refractivity contribution in [2.75, 3.05) is 29.9 Å². The molecule has 11 nitrogen and oxygen atoms in total. The molecule has 1 aromatic carbocycles. The van der Waals surface area contributed by atoms with E-state index in [9.17, 15) is 40.3 Å². The molecule has 2 amide bonds. The van der Waals surface area contributed by atoms with Crippen LogP contribution in [0.4, 0.5) is 42.4 Å². The van der Waals surface area contributed by atoms with E-state index in [1.165, 1.54) is 24.3 Å². The first kappa shape index (κ1) is 31.7. The fourth-order valence-electron chi connectivity index (χ4n) is 5.27. The van der Waals surface area contributed by atoms with Crippen LogP contribution in [0.25, 0.3) is 11.2 Å². The van der Waals surface area contributed by atoms with Gasteiger partial charge in [-0.05, 0) is 37.6 Å². The monoisotopic (exact) mass is 639 g/mol. The van der Waals surface area contributed by atoms with E-state index in [2.05, 4.69) is 25.0 Å². The fraction of sp³-hybridized carbons (Fsp3) is 0.370. The molecule has 1 aliphatic rings. The first-order valence-electron chi connectivity index (χ1n) is 13.4. The maximum absolute atomic E-state index is 14.1. The second-order valence-electron chi connectivity index (χ2n) is 10.3. The molecule has 0 saturated carbocycles. The number of benzene rings is 1. The number of likely N-dealkylation sites (N-methyl/N-ethyl adjacent to an activating group) is 1. The molecule has 1 aliphatic heterocycles. The van der Waals surface area contributed by atoms with Gasteiger partial charge in [0.25, 0.3) is 12.3 Å². The van der Waals surface area contributed by atoms with E-state index >= 15 is 0 Å². The van der Waals surface area contributed by atoms with Crippen molar-refractivity contribution < 1.29 is 40.3 Å². The minimum Gasteiger partial charge on any atom is -0.355 e. The first-order chi connectivity index (χ1) is 21.3. The Labute approximate surface area is 250 Å². The molecule has 1 fully saturated rings. The van der Waals surface area contributed by atoms with Crippen LogP contribution in [-0.2, 0) is 28.9 Å². The van der Waals surface area contributed by atoms with Crippen molar-refractivity contribution in [3.05, 3.63) is 65.9 Å². The summed E-state index contributed by atoms with van der Waals surface area (Å²) in [7, 11) is 1.51. The van der Waals surface area contributed by atoms with Crippen LogP contribution in [0.3, 0.4) is 0 Å². The molecule has 4 heterocycles. The highest BCUT2D eigenvalue weighted by atomic mass is 19.4. The van der Waals surface area contributed by atoms with E-state index in [-0.39, 0.29) is 50.1 Å². The van der Waals surface area contributed by atoms with Crippen LogP contribution < -0.4 is 9.80 Å². The Balaban J connectivity index is 1.46. The number of carbonyl (C=O) groups excluding carboxylic acids is 2. The van der Waals surface area contributed by atoms with Crippen molar-refractivity contribution in [2.24, 2.45) is 0 Å². The van der Waals surface area contributed by atoms with Gasteiger partial charge in [-0.15, -0.1) is 0 Å². The summed E-state index contributed by atoms with van der Waals surface area (Å²) >= 11 is 0. The second-order valence-corrected chi connectivity index (χ2v) is 10.3. The molecule has 3 aromatic heterocycles. The third kappa shape index (κ3) is 6.54. The molecule has 0 atom stereocenters. The highest BCUT2D eigenvalue weighted by molar-refractivity contribution is 6.10. The van der Waals surface area contributed by atoms with E-state index in [1.54, 1.807) is 4.90 Å². The standard InChI is InChI=1S/C27H24F7N9O2/c1-40(13-16-6-17(28)8-18(29)7-16)26(25(45)42(15-44)22-11-36-20(10-37-22)27(32,33)34)2-4-41(5-3-26)23-12-35-19-9-38-43(14-21(30)31)24(19)39-23/h6-12,15,21H,2-5,13-14H2,1H3. The zero-order valence-electron chi connectivity index (χ0n) is 23.4. The number of hydrogen-bond acceptors (Lipinski definition) is 9. The number of hydrogen-bond donors (Lipinski definition) is 0. The molecule has 0 bridgehead atoms. The van der Waals surface area contributed by atoms with E-state index in [0.29, 0.717) is 34.7 Å². The average molecular weight is 640 g/mol. The highest BCUT2D eigenvalue weighted by Gasteiger charge is 2.48. The molecule has 5 rings (SSSR count). The van der Waals surface area contributed by atoms with Crippen molar-refractivity contribution in [1.82, 2.24) is 34.6 Å². The van der Waals surface area contributed by atoms with Gasteiger partial charge in [0, 0.05) is 25.7 Å². The molecule has 1 saturated heterocycles. The lowest BCUT2D eigenvalue weighted by Gasteiger charge is -2.47. The number of amides is 2. The molecule has 18 heteroatoms. The molecule has 0 unspecified atom stereocenters. The van der Waals surface area contributed by atoms with Gasteiger partial charge in [-0.1, -0.05) is 0 Å². The third-order valence-corrected chi connectivity index (χ3v) is 7.53. The van der Waals surface area contributed by atoms with Gasteiger partial charge in [-0.2, -0.15) is 18.3 Å². The summed E-state index contributed by atoms with van der Waals surface area (Å²) in [6, 6.07) is 2.85. The Morgan fingerprint density at radius 3 is 2.29 bits per heavy atom. The number of piperidine rings is 1. The summed E-state index contributed by atoms with van der Waals surface area (Å²) in [4.78, 5) is 45.7. The van der Waals surface area contributed by atoms with E-state index < -0.39 is 53.7 Å². The zero-order valence-corrected chi connectivity index (χ0v) is 23.4. The SMILES string of the molecule is CN(Cc1cc(F)cc(F)c1)C1(C(=O)N(C=O)c2cnc(C(F)(F)F)cn2)CCN(c2cnc3cnn(CC(F)F)c3n2)CC1. The van der Waals surface area contributed by atoms with Crippen LogP contribution in [0, 0.1) is 11.6 Å². The van der Waals surface area contributed by atoms with Crippen LogP contribution in [0.5, 0.6) is 0 Å². The number of aromatic nitrogens is 6. The summed E-state index contributed by atoms with van der Waals surface area (Å²) in [5.74, 6) is -2.71. The molecule has 0 aliphatic carbocycles. The van der Waals surface area contributed by atoms with Crippen molar-refractivity contribution in [1.29, 1.82) is 0 Å². The average Bonchev–Trinajstić information content (AvgIpc) is 3.38. The Morgan fingerprint density at radius 2 is 1.71 bits per heavy atom. The first-order valence-corrected chi connectivity index (χ1v) is 13.4. The van der Waals surface area contributed by atoms with Gasteiger partial charge in [0.2, 0.25) is 6.41 Å². The summed E-state index contributed by atoms with van der Waals surface area (Å²) in [5.41, 5.74) is -2.26. The molecule has 45 heavy (non-hydrogen) atoms. The Hall–Kier alpha value is -4.74. The Bertz CT molecular complexity index is 1670. The van der Waals surface area contributed by atoms with Crippen molar-refractivity contribution in [3.8, 4) is 0 Å². The molecule has 0 spiro atoms. The van der Waals surface area contributed by atoms with Gasteiger partial charge in [-0.3, -0.25) is 14.5 Å². The van der Waals surface area contributed by atoms with Crippen LogP contribution in [0.2, 0.25) is 0 Å². The largest absolute Gasteiger partial charge is 0.434 e. The number of anilines is 2. The lowest BCUT2D eigenvalue weighted by molar-refractivity contribution is -0.141. The van der Waals surface area contributed by atoms with Gasteiger partial charge < -0.3 is 4.90 Å². The van der Waals surface area contributed by atoms with Crippen molar-refractivity contribution >= 4 is 35.1 Å². The highest BCUT2D eigenvalue weighted by Crippen LogP contribution is 2.35. The maximum atomic E-state index is 14.1. The number of nitrogens with zero attached hydrogens (tertiary/aromatic N) is 9. The van der Waals surface area contributed by atoms with E-state index in [1.807, 2.05) is 0 Å². The summed E-state index contributed by atoms with van der Waals surface area (Å²) < 4.78 is 94.1. The summed E-state index contributed by atoms with van der Waals surface area (Å²) in [6.45, 7) is -0.617. The van der Waals surface area contributed by atoms with Gasteiger partial charge >= 0.3 is 6.18 Å². The lowest BCUT2D eigenvalue weighted by atomic mass is 9.84. The molecular weight excluding hydrogens is 615 g/mol. The van der Waals surface area contributed by atoms with Gasteiger partial charge in [-0.25, -0.2) is 47.1 Å². The molecular formula is C27H24F7N9O2. The second kappa shape index (κ2) is 12.3. The summed E-state index contributed by atoms with van der Waals surface area (Å²) in [6.07, 6.45) is -3.64.